The van der Waals surface area contributed by atoms with Crippen LogP contribution >= 0.6 is 11.8 Å². The van der Waals surface area contributed by atoms with Crippen molar-refractivity contribution in [3.63, 3.8) is 0 Å². The van der Waals surface area contributed by atoms with E-state index in [9.17, 15) is 9.59 Å². The van der Waals surface area contributed by atoms with Gasteiger partial charge in [0.25, 0.3) is 0 Å². The van der Waals surface area contributed by atoms with Crippen LogP contribution in [0.2, 0.25) is 0 Å². The number of hydrogen-bond donors (Lipinski definition) is 2. The number of imidazole rings is 1. The molecule has 0 radical (unpaired) electrons. The number of thioether (sulfide) groups is 1. The number of rotatable bonds is 5. The lowest BCUT2D eigenvalue weighted by Gasteiger charge is -2.10. The molecule has 2 amide bonds. The first kappa shape index (κ1) is 16.1. The van der Waals surface area contributed by atoms with Crippen molar-refractivity contribution in [1.29, 1.82) is 0 Å². The van der Waals surface area contributed by atoms with Crippen LogP contribution in [0.4, 0.5) is 11.4 Å². The smallest absolute Gasteiger partial charge is 0.234 e. The van der Waals surface area contributed by atoms with Crippen LogP contribution in [-0.2, 0) is 16.6 Å². The van der Waals surface area contributed by atoms with E-state index in [0.717, 1.165) is 10.7 Å². The second kappa shape index (κ2) is 7.13. The van der Waals surface area contributed by atoms with Crippen LogP contribution < -0.4 is 10.6 Å². The summed E-state index contributed by atoms with van der Waals surface area (Å²) in [5, 5.41) is 6.35. The van der Waals surface area contributed by atoms with Crippen molar-refractivity contribution < 1.29 is 9.59 Å². The SMILES string of the molecule is CC(=O)Nc1cc(NC(=O)CSc2nccn2C)ccc1C. The summed E-state index contributed by atoms with van der Waals surface area (Å²) in [5.74, 6) is 0.0105. The number of aryl methyl sites for hydroxylation is 2. The number of nitrogens with zero attached hydrogens (tertiary/aromatic N) is 2. The highest BCUT2D eigenvalue weighted by Crippen LogP contribution is 2.21. The molecule has 22 heavy (non-hydrogen) atoms. The third-order valence-electron chi connectivity index (χ3n) is 2.94. The number of nitrogens with one attached hydrogen (secondary N) is 2. The summed E-state index contributed by atoms with van der Waals surface area (Å²) < 4.78 is 1.86. The van der Waals surface area contributed by atoms with Crippen molar-refractivity contribution in [3.05, 3.63) is 36.2 Å². The quantitative estimate of drug-likeness (QED) is 0.830. The highest BCUT2D eigenvalue weighted by molar-refractivity contribution is 7.99. The van der Waals surface area contributed by atoms with E-state index in [-0.39, 0.29) is 17.6 Å². The predicted molar refractivity (Wildman–Crippen MR) is 88.0 cm³/mol. The number of carbonyl (C=O) groups excluding carboxylic acids is 2. The number of benzene rings is 1. The highest BCUT2D eigenvalue weighted by atomic mass is 32.2. The monoisotopic (exact) mass is 318 g/mol. The lowest BCUT2D eigenvalue weighted by molar-refractivity contribution is -0.114. The maximum Gasteiger partial charge on any atom is 0.234 e. The number of aromatic nitrogens is 2. The average Bonchev–Trinajstić information content (AvgIpc) is 2.85. The van der Waals surface area contributed by atoms with Crippen molar-refractivity contribution in [1.82, 2.24) is 9.55 Å². The molecule has 0 saturated carbocycles. The summed E-state index contributed by atoms with van der Waals surface area (Å²) in [4.78, 5) is 27.3. The number of carbonyl (C=O) groups is 2. The maximum atomic E-state index is 12.0. The Labute approximate surface area is 133 Å². The molecular weight excluding hydrogens is 300 g/mol. The minimum atomic E-state index is -0.142. The molecule has 0 bridgehead atoms. The van der Waals surface area contributed by atoms with Crippen molar-refractivity contribution in [3.8, 4) is 0 Å². The van der Waals surface area contributed by atoms with Crippen LogP contribution in [-0.4, -0.2) is 27.1 Å². The van der Waals surface area contributed by atoms with E-state index in [1.54, 1.807) is 12.3 Å². The molecule has 1 aromatic heterocycles. The van der Waals surface area contributed by atoms with Crippen LogP contribution in [0.3, 0.4) is 0 Å². The minimum Gasteiger partial charge on any atom is -0.329 e. The van der Waals surface area contributed by atoms with E-state index < -0.39 is 0 Å². The fraction of sp³-hybridized carbons (Fsp3) is 0.267. The van der Waals surface area contributed by atoms with E-state index in [1.807, 2.05) is 36.9 Å². The van der Waals surface area contributed by atoms with Gasteiger partial charge in [0.15, 0.2) is 5.16 Å². The third kappa shape index (κ3) is 4.36. The van der Waals surface area contributed by atoms with Crippen molar-refractivity contribution in [2.24, 2.45) is 7.05 Å². The average molecular weight is 318 g/mol. The van der Waals surface area contributed by atoms with Gasteiger partial charge in [-0.3, -0.25) is 9.59 Å². The van der Waals surface area contributed by atoms with Gasteiger partial charge in [-0.25, -0.2) is 4.98 Å². The second-order valence-electron chi connectivity index (χ2n) is 4.87. The summed E-state index contributed by atoms with van der Waals surface area (Å²) in [6, 6.07) is 5.41. The Kier molecular flexibility index (Phi) is 5.21. The zero-order valence-corrected chi connectivity index (χ0v) is 13.5. The van der Waals surface area contributed by atoms with E-state index >= 15 is 0 Å². The highest BCUT2D eigenvalue weighted by Gasteiger charge is 2.08. The summed E-state index contributed by atoms with van der Waals surface area (Å²) >= 11 is 1.37. The lowest BCUT2D eigenvalue weighted by Crippen LogP contribution is -2.15. The molecule has 0 aliphatic carbocycles. The number of hydrogen-bond acceptors (Lipinski definition) is 4. The molecule has 0 atom stereocenters. The fourth-order valence-corrected chi connectivity index (χ4v) is 2.57. The third-order valence-corrected chi connectivity index (χ3v) is 4.00. The summed E-state index contributed by atoms with van der Waals surface area (Å²) in [6.07, 6.45) is 3.53. The standard InChI is InChI=1S/C15H18N4O2S/c1-10-4-5-12(8-13(10)17-11(2)20)18-14(21)9-22-15-16-6-7-19(15)3/h4-8H,9H2,1-3H3,(H,17,20)(H,18,21). The van der Waals surface area contributed by atoms with E-state index in [4.69, 9.17) is 0 Å². The molecule has 1 heterocycles. The molecule has 1 aromatic carbocycles. The Morgan fingerprint density at radius 1 is 1.32 bits per heavy atom. The second-order valence-corrected chi connectivity index (χ2v) is 5.81. The van der Waals surface area contributed by atoms with E-state index in [0.29, 0.717) is 11.4 Å². The van der Waals surface area contributed by atoms with Crippen molar-refractivity contribution in [2.75, 3.05) is 16.4 Å². The molecule has 0 saturated heterocycles. The van der Waals surface area contributed by atoms with Crippen LogP contribution in [0, 0.1) is 6.92 Å². The Bertz CT molecular complexity index is 697. The Balaban J connectivity index is 1.96. The van der Waals surface area contributed by atoms with Gasteiger partial charge < -0.3 is 15.2 Å². The molecule has 0 aliphatic heterocycles. The Morgan fingerprint density at radius 2 is 2.09 bits per heavy atom. The molecule has 7 heteroatoms. The molecule has 0 aliphatic rings. The molecule has 0 spiro atoms. The van der Waals surface area contributed by atoms with Crippen LogP contribution in [0.15, 0.2) is 35.7 Å². The van der Waals surface area contributed by atoms with Gasteiger partial charge in [0.05, 0.1) is 5.75 Å². The molecule has 2 rings (SSSR count). The van der Waals surface area contributed by atoms with Gasteiger partial charge >= 0.3 is 0 Å². The molecule has 6 nitrogen and oxygen atoms in total. The van der Waals surface area contributed by atoms with Crippen LogP contribution in [0.5, 0.6) is 0 Å². The molecule has 116 valence electrons. The van der Waals surface area contributed by atoms with Crippen molar-refractivity contribution >= 4 is 35.0 Å². The predicted octanol–water partition coefficient (Wildman–Crippen LogP) is 2.42. The van der Waals surface area contributed by atoms with Gasteiger partial charge in [-0.15, -0.1) is 0 Å². The summed E-state index contributed by atoms with van der Waals surface area (Å²) in [6.45, 7) is 3.35. The summed E-state index contributed by atoms with van der Waals surface area (Å²) in [7, 11) is 1.88. The van der Waals surface area contributed by atoms with Gasteiger partial charge in [0.2, 0.25) is 11.8 Å². The summed E-state index contributed by atoms with van der Waals surface area (Å²) in [5.41, 5.74) is 2.29. The van der Waals surface area contributed by atoms with Gasteiger partial charge in [-0.2, -0.15) is 0 Å². The first-order chi connectivity index (χ1) is 10.5. The maximum absolute atomic E-state index is 12.0. The normalized spacial score (nSPS) is 10.3. The molecule has 0 unspecified atom stereocenters. The van der Waals surface area contributed by atoms with Gasteiger partial charge in [-0.05, 0) is 24.6 Å². The zero-order valence-electron chi connectivity index (χ0n) is 12.7. The lowest BCUT2D eigenvalue weighted by atomic mass is 10.2. The van der Waals surface area contributed by atoms with Crippen molar-refractivity contribution in [2.45, 2.75) is 19.0 Å². The minimum absolute atomic E-state index is 0.120. The number of amides is 2. The first-order valence-corrected chi connectivity index (χ1v) is 7.72. The molecule has 0 fully saturated rings. The molecule has 2 aromatic rings. The van der Waals surface area contributed by atoms with Crippen LogP contribution in [0.25, 0.3) is 0 Å². The zero-order chi connectivity index (χ0) is 16.1. The van der Waals surface area contributed by atoms with E-state index in [1.165, 1.54) is 18.7 Å². The molecular formula is C15H18N4O2S. The topological polar surface area (TPSA) is 76.0 Å². The van der Waals surface area contributed by atoms with E-state index in [2.05, 4.69) is 15.6 Å². The van der Waals surface area contributed by atoms with Gasteiger partial charge in [0.1, 0.15) is 0 Å². The Hall–Kier alpha value is -2.28. The van der Waals surface area contributed by atoms with Gasteiger partial charge in [-0.1, -0.05) is 17.8 Å². The molecule has 2 N–H and O–H groups in total. The number of anilines is 2. The largest absolute Gasteiger partial charge is 0.329 e. The fourth-order valence-electron chi connectivity index (χ4n) is 1.84. The van der Waals surface area contributed by atoms with Gasteiger partial charge in [0, 0.05) is 37.7 Å². The first-order valence-electron chi connectivity index (χ1n) is 6.74. The Morgan fingerprint density at radius 3 is 2.73 bits per heavy atom. The van der Waals surface area contributed by atoms with Crippen LogP contribution in [0.1, 0.15) is 12.5 Å².